The van der Waals surface area contributed by atoms with Gasteiger partial charge in [-0.15, -0.1) is 0 Å². The number of carbonyl (C=O) groups excluding carboxylic acids is 2. The molecule has 0 fully saturated rings. The third-order valence-corrected chi connectivity index (χ3v) is 4.64. The van der Waals surface area contributed by atoms with Crippen molar-refractivity contribution in [3.05, 3.63) is 59.0 Å². The summed E-state index contributed by atoms with van der Waals surface area (Å²) in [5.41, 5.74) is 2.69. The second kappa shape index (κ2) is 9.37. The summed E-state index contributed by atoms with van der Waals surface area (Å²) in [6.45, 7) is 2.84. The molecular weight excluding hydrogens is 344 g/mol. The molecule has 2 N–H and O–H groups in total. The highest BCUT2D eigenvalue weighted by Gasteiger charge is 2.20. The molecule has 1 aliphatic rings. The number of amides is 2. The van der Waals surface area contributed by atoms with E-state index in [-0.39, 0.29) is 30.2 Å². The third-order valence-electron chi connectivity index (χ3n) is 4.64. The quantitative estimate of drug-likeness (QED) is 0.700. The number of benzene rings is 1. The van der Waals surface area contributed by atoms with Gasteiger partial charge in [-0.3, -0.25) is 9.59 Å². The third kappa shape index (κ3) is 5.44. The molecule has 1 heterocycles. The van der Waals surface area contributed by atoms with E-state index in [2.05, 4.69) is 34.9 Å². The first-order valence-electron chi connectivity index (χ1n) is 9.44. The number of hydrogen-bond acceptors (Lipinski definition) is 4. The Morgan fingerprint density at radius 3 is 2.89 bits per heavy atom. The zero-order valence-corrected chi connectivity index (χ0v) is 15.6. The van der Waals surface area contributed by atoms with Crippen molar-refractivity contribution in [2.45, 2.75) is 45.3 Å². The van der Waals surface area contributed by atoms with Gasteiger partial charge in [0.25, 0.3) is 5.91 Å². The van der Waals surface area contributed by atoms with E-state index in [9.17, 15) is 9.59 Å². The minimum absolute atomic E-state index is 0.141. The summed E-state index contributed by atoms with van der Waals surface area (Å²) in [6.07, 6.45) is 4.22. The Morgan fingerprint density at radius 1 is 1.19 bits per heavy atom. The zero-order valence-electron chi connectivity index (χ0n) is 15.6. The Morgan fingerprint density at radius 2 is 2.04 bits per heavy atom. The fourth-order valence-electron chi connectivity index (χ4n) is 3.28. The molecule has 6 heteroatoms. The number of ether oxygens (including phenoxy) is 1. The van der Waals surface area contributed by atoms with E-state index >= 15 is 0 Å². The van der Waals surface area contributed by atoms with Crippen molar-refractivity contribution >= 4 is 11.8 Å². The lowest BCUT2D eigenvalue weighted by Crippen LogP contribution is -2.25. The van der Waals surface area contributed by atoms with E-state index in [4.69, 9.17) is 9.15 Å². The van der Waals surface area contributed by atoms with Gasteiger partial charge in [-0.05, 0) is 48.9 Å². The van der Waals surface area contributed by atoms with Gasteiger partial charge in [-0.1, -0.05) is 24.3 Å². The number of rotatable bonds is 8. The van der Waals surface area contributed by atoms with Crippen molar-refractivity contribution in [2.24, 2.45) is 0 Å². The summed E-state index contributed by atoms with van der Waals surface area (Å²) in [5.74, 6) is 0.400. The molecule has 0 saturated heterocycles. The molecule has 1 aliphatic carbocycles. The van der Waals surface area contributed by atoms with Crippen LogP contribution < -0.4 is 10.6 Å². The normalized spacial score (nSPS) is 15.8. The van der Waals surface area contributed by atoms with Crippen LogP contribution in [0.4, 0.5) is 0 Å². The van der Waals surface area contributed by atoms with Crippen molar-refractivity contribution in [3.8, 4) is 0 Å². The number of nitrogens with one attached hydrogen (secondary N) is 2. The molecular formula is C21H26N2O4. The molecule has 144 valence electrons. The molecule has 0 saturated carbocycles. The van der Waals surface area contributed by atoms with Crippen LogP contribution in [-0.2, 0) is 22.5 Å². The van der Waals surface area contributed by atoms with Gasteiger partial charge in [0, 0.05) is 20.1 Å². The number of fused-ring (bicyclic) bond motifs is 1. The predicted octanol–water partition coefficient (Wildman–Crippen LogP) is 3.13. The molecule has 27 heavy (non-hydrogen) atoms. The van der Waals surface area contributed by atoms with Crippen molar-refractivity contribution in [3.63, 3.8) is 0 Å². The first-order valence-corrected chi connectivity index (χ1v) is 9.44. The van der Waals surface area contributed by atoms with Gasteiger partial charge in [0.2, 0.25) is 5.91 Å². The molecule has 2 aromatic rings. The number of hydrogen-bond donors (Lipinski definition) is 2. The standard InChI is InChI=1S/C21H26N2O4/c1-15(24)23-14-17-10-11-20(27-17)21(25)22-12-5-13-26-19-9-4-7-16-6-2-3-8-18(16)19/h2-3,6,8,10-11,19H,4-5,7,9,12-14H2,1H3,(H,22,25)(H,23,24). The maximum Gasteiger partial charge on any atom is 0.286 e. The van der Waals surface area contributed by atoms with E-state index < -0.39 is 0 Å². The molecule has 1 aromatic carbocycles. The Balaban J connectivity index is 1.37. The lowest BCUT2D eigenvalue weighted by Gasteiger charge is -2.25. The van der Waals surface area contributed by atoms with Crippen LogP contribution in [0.15, 0.2) is 40.8 Å². The maximum atomic E-state index is 12.1. The van der Waals surface area contributed by atoms with Crippen molar-refractivity contribution in [2.75, 3.05) is 13.2 Å². The summed E-state index contributed by atoms with van der Waals surface area (Å²) >= 11 is 0. The van der Waals surface area contributed by atoms with E-state index in [0.29, 0.717) is 18.9 Å². The average Bonchev–Trinajstić information content (AvgIpc) is 3.15. The zero-order chi connectivity index (χ0) is 19.1. The molecule has 2 amide bonds. The second-order valence-electron chi connectivity index (χ2n) is 6.74. The molecule has 1 unspecified atom stereocenters. The first-order chi connectivity index (χ1) is 13.1. The van der Waals surface area contributed by atoms with E-state index in [0.717, 1.165) is 25.7 Å². The highest BCUT2D eigenvalue weighted by molar-refractivity contribution is 5.91. The van der Waals surface area contributed by atoms with Crippen LogP contribution in [0.2, 0.25) is 0 Å². The molecule has 6 nitrogen and oxygen atoms in total. The van der Waals surface area contributed by atoms with E-state index in [1.807, 2.05) is 0 Å². The second-order valence-corrected chi connectivity index (χ2v) is 6.74. The molecule has 0 spiro atoms. The minimum atomic E-state index is -0.257. The monoisotopic (exact) mass is 370 g/mol. The van der Waals surface area contributed by atoms with Crippen LogP contribution >= 0.6 is 0 Å². The molecule has 0 aliphatic heterocycles. The largest absolute Gasteiger partial charge is 0.454 e. The Labute approximate surface area is 159 Å². The fourth-order valence-corrected chi connectivity index (χ4v) is 3.28. The van der Waals surface area contributed by atoms with E-state index in [1.165, 1.54) is 18.1 Å². The Hall–Kier alpha value is -2.60. The number of carbonyl (C=O) groups is 2. The lowest BCUT2D eigenvalue weighted by molar-refractivity contribution is -0.119. The van der Waals surface area contributed by atoms with Gasteiger partial charge < -0.3 is 19.8 Å². The van der Waals surface area contributed by atoms with Gasteiger partial charge >= 0.3 is 0 Å². The molecule has 0 bridgehead atoms. The molecule has 0 radical (unpaired) electrons. The number of aryl methyl sites for hydroxylation is 1. The summed E-state index contributed by atoms with van der Waals surface area (Å²) in [5, 5.41) is 5.47. The first kappa shape index (κ1) is 19.2. The van der Waals surface area contributed by atoms with Crippen molar-refractivity contribution in [1.82, 2.24) is 10.6 Å². The van der Waals surface area contributed by atoms with E-state index in [1.54, 1.807) is 12.1 Å². The maximum absolute atomic E-state index is 12.1. The van der Waals surface area contributed by atoms with Crippen LogP contribution in [0.3, 0.4) is 0 Å². The summed E-state index contributed by atoms with van der Waals surface area (Å²) in [6, 6.07) is 11.8. The highest BCUT2D eigenvalue weighted by Crippen LogP contribution is 2.32. The van der Waals surface area contributed by atoms with Gasteiger partial charge in [0.05, 0.1) is 12.6 Å². The Bertz CT molecular complexity index is 784. The minimum Gasteiger partial charge on any atom is -0.454 e. The van der Waals surface area contributed by atoms with Crippen LogP contribution in [0, 0.1) is 0 Å². The predicted molar refractivity (Wildman–Crippen MR) is 101 cm³/mol. The van der Waals surface area contributed by atoms with Crippen LogP contribution in [0.5, 0.6) is 0 Å². The number of furan rings is 1. The average molecular weight is 370 g/mol. The van der Waals surface area contributed by atoms with Gasteiger partial charge in [-0.25, -0.2) is 0 Å². The fraction of sp³-hybridized carbons (Fsp3) is 0.429. The molecule has 1 atom stereocenters. The van der Waals surface area contributed by atoms with Crippen LogP contribution in [0.25, 0.3) is 0 Å². The van der Waals surface area contributed by atoms with Gasteiger partial charge in [0.1, 0.15) is 5.76 Å². The van der Waals surface area contributed by atoms with Crippen molar-refractivity contribution < 1.29 is 18.7 Å². The lowest BCUT2D eigenvalue weighted by atomic mass is 9.89. The molecule has 3 rings (SSSR count). The van der Waals surface area contributed by atoms with Crippen LogP contribution in [0.1, 0.15) is 59.7 Å². The SMILES string of the molecule is CC(=O)NCc1ccc(C(=O)NCCCOC2CCCc3ccccc32)o1. The summed E-state index contributed by atoms with van der Waals surface area (Å²) in [7, 11) is 0. The smallest absolute Gasteiger partial charge is 0.286 e. The highest BCUT2D eigenvalue weighted by atomic mass is 16.5. The topological polar surface area (TPSA) is 80.6 Å². The Kier molecular flexibility index (Phi) is 6.65. The van der Waals surface area contributed by atoms with Gasteiger partial charge in [0.15, 0.2) is 5.76 Å². The summed E-state index contributed by atoms with van der Waals surface area (Å²) < 4.78 is 11.5. The molecule has 1 aromatic heterocycles. The van der Waals surface area contributed by atoms with Crippen molar-refractivity contribution in [1.29, 1.82) is 0 Å². The van der Waals surface area contributed by atoms with Gasteiger partial charge in [-0.2, -0.15) is 0 Å². The summed E-state index contributed by atoms with van der Waals surface area (Å²) in [4.78, 5) is 23.0. The van der Waals surface area contributed by atoms with Crippen LogP contribution in [-0.4, -0.2) is 25.0 Å².